The van der Waals surface area contributed by atoms with Crippen molar-refractivity contribution in [3.63, 3.8) is 0 Å². The number of thiocarbonyl (C=S) groups is 1. The van der Waals surface area contributed by atoms with Crippen LogP contribution in [0.3, 0.4) is 0 Å². The van der Waals surface area contributed by atoms with Crippen molar-refractivity contribution in [3.8, 4) is 11.5 Å². The van der Waals surface area contributed by atoms with E-state index in [4.69, 9.17) is 17.0 Å². The molecular weight excluding hydrogens is 460 g/mol. The second-order valence-corrected chi connectivity index (χ2v) is 7.05. The van der Waals surface area contributed by atoms with Crippen LogP contribution >= 0.6 is 44.1 Å². The average Bonchev–Trinajstić information content (AvgIpc) is 2.52. The molecule has 0 spiro atoms. The van der Waals surface area contributed by atoms with Gasteiger partial charge in [-0.25, -0.2) is 0 Å². The summed E-state index contributed by atoms with van der Waals surface area (Å²) >= 11 is 11.7. The zero-order valence-corrected chi connectivity index (χ0v) is 16.6. The predicted molar refractivity (Wildman–Crippen MR) is 105 cm³/mol. The molecule has 3 N–H and O–H groups in total. The number of amides is 1. The maximum absolute atomic E-state index is 11.8. The molecule has 1 amide bonds. The van der Waals surface area contributed by atoms with Gasteiger partial charge in [-0.2, -0.15) is 0 Å². The predicted octanol–water partition coefficient (Wildman–Crippen LogP) is 4.12. The van der Waals surface area contributed by atoms with E-state index in [1.165, 1.54) is 0 Å². The van der Waals surface area contributed by atoms with Gasteiger partial charge in [-0.3, -0.25) is 10.1 Å². The maximum atomic E-state index is 11.8. The summed E-state index contributed by atoms with van der Waals surface area (Å²) in [5.74, 6) is 0.383. The van der Waals surface area contributed by atoms with E-state index in [1.54, 1.807) is 31.2 Å². The zero-order chi connectivity index (χ0) is 17.7. The van der Waals surface area contributed by atoms with E-state index in [1.807, 2.05) is 12.1 Å². The highest BCUT2D eigenvalue weighted by molar-refractivity contribution is 9.10. The van der Waals surface area contributed by atoms with E-state index in [0.29, 0.717) is 21.5 Å². The molecule has 126 valence electrons. The highest BCUT2D eigenvalue weighted by atomic mass is 79.9. The standard InChI is InChI=1S/C16H14Br2N2O3S/c1-9-6-11(7-13(18)15(9)22)19-16(24)20-14(21)8-23-12-4-2-10(17)3-5-12/h2-7,22H,8H2,1H3,(H2,19,20,21,24). The van der Waals surface area contributed by atoms with Gasteiger partial charge >= 0.3 is 0 Å². The van der Waals surface area contributed by atoms with Crippen molar-refractivity contribution in [1.29, 1.82) is 0 Å². The first-order valence-corrected chi connectivity index (χ1v) is 8.83. The van der Waals surface area contributed by atoms with Crippen LogP contribution < -0.4 is 15.4 Å². The number of ether oxygens (including phenoxy) is 1. The van der Waals surface area contributed by atoms with Crippen molar-refractivity contribution in [1.82, 2.24) is 5.32 Å². The normalized spacial score (nSPS) is 10.1. The van der Waals surface area contributed by atoms with Crippen LogP contribution in [0.2, 0.25) is 0 Å². The molecule has 0 saturated heterocycles. The van der Waals surface area contributed by atoms with Gasteiger partial charge in [0, 0.05) is 10.2 Å². The summed E-state index contributed by atoms with van der Waals surface area (Å²) in [7, 11) is 0. The molecule has 0 aliphatic rings. The molecule has 5 nitrogen and oxygen atoms in total. The Morgan fingerprint density at radius 1 is 1.25 bits per heavy atom. The van der Waals surface area contributed by atoms with E-state index in [9.17, 15) is 9.90 Å². The Kier molecular flexibility index (Phi) is 6.59. The lowest BCUT2D eigenvalue weighted by Gasteiger charge is -2.12. The number of nitrogens with one attached hydrogen (secondary N) is 2. The Morgan fingerprint density at radius 2 is 1.92 bits per heavy atom. The second-order valence-electron chi connectivity index (χ2n) is 4.87. The second kappa shape index (κ2) is 8.46. The number of phenolic OH excluding ortho intramolecular Hbond substituents is 1. The van der Waals surface area contributed by atoms with E-state index in [0.717, 1.165) is 4.47 Å². The summed E-state index contributed by atoms with van der Waals surface area (Å²) in [6, 6.07) is 10.5. The number of benzene rings is 2. The lowest BCUT2D eigenvalue weighted by Crippen LogP contribution is -2.37. The summed E-state index contributed by atoms with van der Waals surface area (Å²) in [5, 5.41) is 15.3. The SMILES string of the molecule is Cc1cc(NC(=S)NC(=O)COc2ccc(Br)cc2)cc(Br)c1O. The van der Waals surface area contributed by atoms with Gasteiger partial charge in [-0.05, 0) is 77.0 Å². The third-order valence-electron chi connectivity index (χ3n) is 2.95. The quantitative estimate of drug-likeness (QED) is 0.460. The number of hydrogen-bond donors (Lipinski definition) is 3. The zero-order valence-electron chi connectivity index (χ0n) is 12.6. The van der Waals surface area contributed by atoms with Crippen LogP contribution in [-0.4, -0.2) is 22.7 Å². The number of aryl methyl sites for hydroxylation is 1. The summed E-state index contributed by atoms with van der Waals surface area (Å²) in [5.41, 5.74) is 1.33. The van der Waals surface area contributed by atoms with Gasteiger partial charge in [0.05, 0.1) is 4.47 Å². The van der Waals surface area contributed by atoms with Gasteiger partial charge in [0.15, 0.2) is 11.7 Å². The third kappa shape index (κ3) is 5.47. The number of carbonyl (C=O) groups is 1. The Bertz CT molecular complexity index is 743. The molecule has 2 aromatic carbocycles. The lowest BCUT2D eigenvalue weighted by molar-refractivity contribution is -0.121. The van der Waals surface area contributed by atoms with Gasteiger partial charge < -0.3 is 15.2 Å². The molecule has 0 saturated carbocycles. The molecule has 2 aromatic rings. The summed E-state index contributed by atoms with van der Waals surface area (Å²) in [6.07, 6.45) is 0. The molecule has 0 aliphatic carbocycles. The van der Waals surface area contributed by atoms with Crippen molar-refractivity contribution in [2.45, 2.75) is 6.92 Å². The Balaban J connectivity index is 1.85. The Morgan fingerprint density at radius 3 is 2.54 bits per heavy atom. The van der Waals surface area contributed by atoms with E-state index >= 15 is 0 Å². The molecule has 2 rings (SSSR count). The molecule has 8 heteroatoms. The number of anilines is 1. The fourth-order valence-electron chi connectivity index (χ4n) is 1.81. The molecule has 0 atom stereocenters. The maximum Gasteiger partial charge on any atom is 0.264 e. The molecule has 0 fully saturated rings. The fraction of sp³-hybridized carbons (Fsp3) is 0.125. The van der Waals surface area contributed by atoms with Crippen LogP contribution in [0.5, 0.6) is 11.5 Å². The van der Waals surface area contributed by atoms with E-state index in [2.05, 4.69) is 42.5 Å². The highest BCUT2D eigenvalue weighted by Crippen LogP contribution is 2.30. The van der Waals surface area contributed by atoms with Crippen LogP contribution in [0.4, 0.5) is 5.69 Å². The van der Waals surface area contributed by atoms with Crippen LogP contribution in [0.25, 0.3) is 0 Å². The first-order valence-electron chi connectivity index (χ1n) is 6.83. The van der Waals surface area contributed by atoms with E-state index in [-0.39, 0.29) is 23.4 Å². The van der Waals surface area contributed by atoms with Crippen LogP contribution in [0.15, 0.2) is 45.3 Å². The molecule has 0 bridgehead atoms. The minimum Gasteiger partial charge on any atom is -0.506 e. The van der Waals surface area contributed by atoms with Crippen LogP contribution in [-0.2, 0) is 4.79 Å². The minimum absolute atomic E-state index is 0.149. The Hall–Kier alpha value is -1.64. The largest absolute Gasteiger partial charge is 0.506 e. The molecule has 24 heavy (non-hydrogen) atoms. The summed E-state index contributed by atoms with van der Waals surface area (Å²) < 4.78 is 6.84. The number of aromatic hydroxyl groups is 1. The molecular formula is C16H14Br2N2O3S. The van der Waals surface area contributed by atoms with Gasteiger partial charge in [-0.15, -0.1) is 0 Å². The molecule has 0 radical (unpaired) electrons. The van der Waals surface area contributed by atoms with Crippen molar-refractivity contribution in [2.24, 2.45) is 0 Å². The van der Waals surface area contributed by atoms with Gasteiger partial charge in [0.25, 0.3) is 5.91 Å². The Labute approximate surface area is 161 Å². The number of rotatable bonds is 4. The lowest BCUT2D eigenvalue weighted by atomic mass is 10.2. The molecule has 0 unspecified atom stereocenters. The number of halogens is 2. The van der Waals surface area contributed by atoms with Gasteiger partial charge in [0.2, 0.25) is 0 Å². The molecule has 0 aromatic heterocycles. The summed E-state index contributed by atoms with van der Waals surface area (Å²) in [4.78, 5) is 11.8. The monoisotopic (exact) mass is 472 g/mol. The fourth-order valence-corrected chi connectivity index (χ4v) is 2.87. The third-order valence-corrected chi connectivity index (χ3v) is 4.29. The van der Waals surface area contributed by atoms with Gasteiger partial charge in [-0.1, -0.05) is 15.9 Å². The number of hydrogen-bond acceptors (Lipinski definition) is 4. The smallest absolute Gasteiger partial charge is 0.264 e. The van der Waals surface area contributed by atoms with Crippen molar-refractivity contribution >= 4 is 60.8 Å². The first-order chi connectivity index (χ1) is 11.3. The highest BCUT2D eigenvalue weighted by Gasteiger charge is 2.09. The molecule has 0 aliphatic heterocycles. The minimum atomic E-state index is -0.370. The van der Waals surface area contributed by atoms with Crippen LogP contribution in [0, 0.1) is 6.92 Å². The molecule has 0 heterocycles. The average molecular weight is 474 g/mol. The summed E-state index contributed by atoms with van der Waals surface area (Å²) in [6.45, 7) is 1.61. The van der Waals surface area contributed by atoms with Crippen molar-refractivity contribution in [2.75, 3.05) is 11.9 Å². The van der Waals surface area contributed by atoms with Crippen LogP contribution in [0.1, 0.15) is 5.56 Å². The van der Waals surface area contributed by atoms with Crippen molar-refractivity contribution in [3.05, 3.63) is 50.9 Å². The van der Waals surface area contributed by atoms with E-state index < -0.39 is 0 Å². The topological polar surface area (TPSA) is 70.6 Å². The van der Waals surface area contributed by atoms with Gasteiger partial charge in [0.1, 0.15) is 11.5 Å². The number of phenols is 1. The van der Waals surface area contributed by atoms with Crippen molar-refractivity contribution < 1.29 is 14.6 Å². The number of carbonyl (C=O) groups excluding carboxylic acids is 1. The first kappa shape index (κ1) is 18.7.